The van der Waals surface area contributed by atoms with Crippen LogP contribution >= 0.6 is 0 Å². The number of sulfonamides is 1. The van der Waals surface area contributed by atoms with Crippen molar-refractivity contribution in [3.8, 4) is 11.5 Å². The largest absolute Gasteiger partial charge is 0.493 e. The second kappa shape index (κ2) is 8.36. The van der Waals surface area contributed by atoms with Gasteiger partial charge in [0.05, 0.1) is 30.4 Å². The van der Waals surface area contributed by atoms with E-state index >= 15 is 0 Å². The van der Waals surface area contributed by atoms with E-state index in [0.717, 1.165) is 5.56 Å². The lowest BCUT2D eigenvalue weighted by Gasteiger charge is -2.16. The average Bonchev–Trinajstić information content (AvgIpc) is 2.73. The molecule has 0 fully saturated rings. The molecule has 0 spiro atoms. The first-order valence-corrected chi connectivity index (χ1v) is 10.3. The maximum Gasteiger partial charge on any atom is 0.261 e. The molecule has 0 aliphatic heterocycles. The van der Waals surface area contributed by atoms with Gasteiger partial charge in [-0.15, -0.1) is 0 Å². The van der Waals surface area contributed by atoms with E-state index in [4.69, 9.17) is 9.47 Å². The molecule has 3 aromatic rings. The van der Waals surface area contributed by atoms with Crippen LogP contribution in [-0.4, -0.2) is 28.4 Å². The van der Waals surface area contributed by atoms with E-state index in [1.54, 1.807) is 42.5 Å². The van der Waals surface area contributed by atoms with Crippen LogP contribution in [0.5, 0.6) is 11.5 Å². The lowest BCUT2D eigenvalue weighted by atomic mass is 10.0. The van der Waals surface area contributed by atoms with Crippen LogP contribution in [-0.2, 0) is 10.0 Å². The second-order valence-corrected chi connectivity index (χ2v) is 8.05. The van der Waals surface area contributed by atoms with Gasteiger partial charge in [0.15, 0.2) is 17.3 Å². The van der Waals surface area contributed by atoms with E-state index < -0.39 is 10.0 Å². The lowest BCUT2D eigenvalue weighted by molar-refractivity contribution is 0.103. The van der Waals surface area contributed by atoms with Crippen molar-refractivity contribution in [2.45, 2.75) is 11.8 Å². The fourth-order valence-electron chi connectivity index (χ4n) is 2.82. The average molecular weight is 411 g/mol. The molecular weight excluding hydrogens is 390 g/mol. The summed E-state index contributed by atoms with van der Waals surface area (Å²) in [7, 11) is -1.02. The van der Waals surface area contributed by atoms with Gasteiger partial charge in [-0.2, -0.15) is 0 Å². The van der Waals surface area contributed by atoms with E-state index in [-0.39, 0.29) is 21.9 Å². The van der Waals surface area contributed by atoms with Gasteiger partial charge in [0, 0.05) is 11.6 Å². The van der Waals surface area contributed by atoms with Gasteiger partial charge in [-0.1, -0.05) is 48.0 Å². The number of hydrogen-bond acceptors (Lipinski definition) is 5. The van der Waals surface area contributed by atoms with Crippen LogP contribution in [0.3, 0.4) is 0 Å². The molecule has 150 valence electrons. The molecule has 0 radical (unpaired) electrons. The van der Waals surface area contributed by atoms with Crippen molar-refractivity contribution in [3.63, 3.8) is 0 Å². The molecule has 0 saturated carbocycles. The quantitative estimate of drug-likeness (QED) is 0.593. The predicted octanol–water partition coefficient (Wildman–Crippen LogP) is 4.04. The van der Waals surface area contributed by atoms with Crippen molar-refractivity contribution in [1.82, 2.24) is 0 Å². The van der Waals surface area contributed by atoms with Crippen LogP contribution in [0, 0.1) is 6.92 Å². The number of carbonyl (C=O) groups excluding carboxylic acids is 1. The number of methoxy groups -OCH3 is 2. The first kappa shape index (κ1) is 20.4. The Morgan fingerprint density at radius 1 is 0.862 bits per heavy atom. The first-order chi connectivity index (χ1) is 13.9. The van der Waals surface area contributed by atoms with Crippen LogP contribution in [0.15, 0.2) is 71.6 Å². The summed E-state index contributed by atoms with van der Waals surface area (Å²) in [6, 6.07) is 18.0. The molecule has 1 N–H and O–H groups in total. The maximum absolute atomic E-state index is 13.1. The Balaban J connectivity index is 2.11. The molecule has 0 amide bonds. The standard InChI is InChI=1S/C22H21NO5S/c1-15-9-11-17(12-10-15)29(25,26)23-19-14-21(28-3)20(27-2)13-18(19)22(24)16-7-5-4-6-8-16/h4-14,23H,1-3H3. The number of anilines is 1. The number of ketones is 1. The van der Waals surface area contributed by atoms with Crippen molar-refractivity contribution in [2.24, 2.45) is 0 Å². The van der Waals surface area contributed by atoms with Crippen LogP contribution in [0.25, 0.3) is 0 Å². The highest BCUT2D eigenvalue weighted by molar-refractivity contribution is 7.92. The summed E-state index contributed by atoms with van der Waals surface area (Å²) in [5.41, 5.74) is 1.63. The van der Waals surface area contributed by atoms with Gasteiger partial charge in [0.1, 0.15) is 0 Å². The van der Waals surface area contributed by atoms with Crippen LogP contribution < -0.4 is 14.2 Å². The fourth-order valence-corrected chi connectivity index (χ4v) is 3.89. The summed E-state index contributed by atoms with van der Waals surface area (Å²) in [4.78, 5) is 13.2. The Morgan fingerprint density at radius 3 is 2.03 bits per heavy atom. The molecule has 3 rings (SSSR count). The van der Waals surface area contributed by atoms with Crippen molar-refractivity contribution in [2.75, 3.05) is 18.9 Å². The minimum absolute atomic E-state index is 0.0935. The molecule has 0 saturated heterocycles. The molecule has 6 nitrogen and oxygen atoms in total. The second-order valence-electron chi connectivity index (χ2n) is 6.37. The van der Waals surface area contributed by atoms with E-state index in [9.17, 15) is 13.2 Å². The van der Waals surface area contributed by atoms with E-state index in [1.807, 2.05) is 6.92 Å². The summed E-state index contributed by atoms with van der Waals surface area (Å²) >= 11 is 0. The SMILES string of the molecule is COc1cc(NS(=O)(=O)c2ccc(C)cc2)c(C(=O)c2ccccc2)cc1OC. The third-order valence-electron chi connectivity index (χ3n) is 4.38. The topological polar surface area (TPSA) is 81.7 Å². The smallest absolute Gasteiger partial charge is 0.261 e. The highest BCUT2D eigenvalue weighted by Gasteiger charge is 2.22. The molecule has 0 unspecified atom stereocenters. The van der Waals surface area contributed by atoms with Crippen LogP contribution in [0.2, 0.25) is 0 Å². The number of aryl methyl sites for hydroxylation is 1. The summed E-state index contributed by atoms with van der Waals surface area (Å²) in [6.45, 7) is 1.87. The monoisotopic (exact) mass is 411 g/mol. The highest BCUT2D eigenvalue weighted by atomic mass is 32.2. The van der Waals surface area contributed by atoms with Gasteiger partial charge in [-0.25, -0.2) is 8.42 Å². The number of hydrogen-bond donors (Lipinski definition) is 1. The van der Waals surface area contributed by atoms with Crippen LogP contribution in [0.1, 0.15) is 21.5 Å². The van der Waals surface area contributed by atoms with E-state index in [2.05, 4.69) is 4.72 Å². The zero-order chi connectivity index (χ0) is 21.0. The Morgan fingerprint density at radius 2 is 1.45 bits per heavy atom. The molecule has 7 heteroatoms. The molecule has 0 bridgehead atoms. The Kier molecular flexibility index (Phi) is 5.89. The van der Waals surface area contributed by atoms with E-state index in [1.165, 1.54) is 38.5 Å². The molecule has 0 atom stereocenters. The normalized spacial score (nSPS) is 11.0. The van der Waals surface area contributed by atoms with Crippen molar-refractivity contribution in [1.29, 1.82) is 0 Å². The zero-order valence-corrected chi connectivity index (χ0v) is 17.1. The first-order valence-electron chi connectivity index (χ1n) is 8.81. The molecular formula is C22H21NO5S. The maximum atomic E-state index is 13.1. The summed E-state index contributed by atoms with van der Waals surface area (Å²) in [5.74, 6) is 0.289. The number of rotatable bonds is 7. The lowest BCUT2D eigenvalue weighted by Crippen LogP contribution is -2.16. The third kappa shape index (κ3) is 4.41. The van der Waals surface area contributed by atoms with Gasteiger partial charge in [-0.3, -0.25) is 9.52 Å². The number of ether oxygens (including phenoxy) is 2. The molecule has 29 heavy (non-hydrogen) atoms. The Bertz CT molecular complexity index is 1120. The molecule has 0 aliphatic rings. The van der Waals surface area contributed by atoms with Gasteiger partial charge < -0.3 is 9.47 Å². The van der Waals surface area contributed by atoms with Gasteiger partial charge >= 0.3 is 0 Å². The van der Waals surface area contributed by atoms with Crippen molar-refractivity contribution < 1.29 is 22.7 Å². The van der Waals surface area contributed by atoms with Gasteiger partial charge in [-0.05, 0) is 25.1 Å². The summed E-state index contributed by atoms with van der Waals surface area (Å²) < 4.78 is 38.9. The number of benzene rings is 3. The van der Waals surface area contributed by atoms with Crippen LogP contribution in [0.4, 0.5) is 5.69 Å². The molecule has 3 aromatic carbocycles. The summed E-state index contributed by atoms with van der Waals surface area (Å²) in [5, 5.41) is 0. The number of nitrogens with one attached hydrogen (secondary N) is 1. The molecule has 0 aliphatic carbocycles. The van der Waals surface area contributed by atoms with E-state index in [0.29, 0.717) is 17.1 Å². The van der Waals surface area contributed by atoms with Gasteiger partial charge in [0.25, 0.3) is 10.0 Å². The minimum atomic E-state index is -3.91. The van der Waals surface area contributed by atoms with Gasteiger partial charge in [0.2, 0.25) is 0 Å². The molecule has 0 aromatic heterocycles. The third-order valence-corrected chi connectivity index (χ3v) is 5.76. The minimum Gasteiger partial charge on any atom is -0.493 e. The number of carbonyl (C=O) groups is 1. The highest BCUT2D eigenvalue weighted by Crippen LogP contribution is 2.35. The van der Waals surface area contributed by atoms with Crippen molar-refractivity contribution >= 4 is 21.5 Å². The zero-order valence-electron chi connectivity index (χ0n) is 16.3. The van der Waals surface area contributed by atoms with Crippen molar-refractivity contribution in [3.05, 3.63) is 83.4 Å². The summed E-state index contributed by atoms with van der Waals surface area (Å²) in [6.07, 6.45) is 0. The predicted molar refractivity (Wildman–Crippen MR) is 111 cm³/mol. The Hall–Kier alpha value is -3.32. The fraction of sp³-hybridized carbons (Fsp3) is 0.136. The Labute approximate surface area is 170 Å². The molecule has 0 heterocycles.